The minimum atomic E-state index is -0.715. The molecule has 3 rings (SSSR count). The highest BCUT2D eigenvalue weighted by atomic mass is 31.0. The van der Waals surface area contributed by atoms with Gasteiger partial charge in [0.2, 0.25) is 5.91 Å². The van der Waals surface area contributed by atoms with Crippen molar-refractivity contribution in [3.8, 4) is 5.75 Å². The Morgan fingerprint density at radius 3 is 2.27 bits per heavy atom. The van der Waals surface area contributed by atoms with Crippen LogP contribution in [0.5, 0.6) is 5.75 Å². The Labute approximate surface area is 129 Å². The Morgan fingerprint density at radius 2 is 1.73 bits per heavy atom. The lowest BCUT2D eigenvalue weighted by atomic mass is 9.83. The van der Waals surface area contributed by atoms with Crippen molar-refractivity contribution in [3.63, 3.8) is 0 Å². The minimum Gasteiger partial charge on any atom is -0.480 e. The van der Waals surface area contributed by atoms with Crippen LogP contribution in [0, 0.1) is 11.7 Å². The molecule has 4 nitrogen and oxygen atoms in total. The van der Waals surface area contributed by atoms with Crippen molar-refractivity contribution >= 4 is 27.3 Å². The van der Waals surface area contributed by atoms with Crippen molar-refractivity contribution in [2.45, 2.75) is 6.04 Å². The summed E-state index contributed by atoms with van der Waals surface area (Å²) in [6, 6.07) is 12.4. The maximum Gasteiger partial charge on any atom is 0.240 e. The van der Waals surface area contributed by atoms with E-state index in [1.54, 1.807) is 12.1 Å². The lowest BCUT2D eigenvalue weighted by Gasteiger charge is -2.45. The zero-order chi connectivity index (χ0) is 15.7. The second kappa shape index (κ2) is 5.85. The second-order valence-electron chi connectivity index (χ2n) is 4.98. The third-order valence-corrected chi connectivity index (χ3v) is 4.02. The van der Waals surface area contributed by atoms with Gasteiger partial charge in [0.15, 0.2) is 0 Å². The molecular weight excluding hydrogens is 304 g/mol. The smallest absolute Gasteiger partial charge is 0.240 e. The van der Waals surface area contributed by atoms with E-state index in [1.807, 2.05) is 12.1 Å². The quantitative estimate of drug-likeness (QED) is 0.377. The molecule has 1 aliphatic rings. The van der Waals surface area contributed by atoms with Crippen LogP contribution < -0.4 is 9.42 Å². The average molecular weight is 317 g/mol. The number of anilines is 1. The number of β-lactam (4-membered cyclic amide) rings is 1. The van der Waals surface area contributed by atoms with Gasteiger partial charge in [-0.2, -0.15) is 0 Å². The largest absolute Gasteiger partial charge is 0.480 e. The summed E-state index contributed by atoms with van der Waals surface area (Å²) in [7, 11) is 2.15. The van der Waals surface area contributed by atoms with Crippen molar-refractivity contribution in [2.75, 3.05) is 4.90 Å². The summed E-state index contributed by atoms with van der Waals surface area (Å²) in [6.07, 6.45) is 0.660. The summed E-state index contributed by atoms with van der Waals surface area (Å²) in [5.41, 5.74) is 1.40. The van der Waals surface area contributed by atoms with Crippen molar-refractivity contribution in [1.82, 2.24) is 0 Å². The minimum absolute atomic E-state index is 0.280. The highest BCUT2D eigenvalue weighted by Gasteiger charge is 2.48. The summed E-state index contributed by atoms with van der Waals surface area (Å²) in [5, 5.41) is 0. The molecule has 6 heteroatoms. The molecule has 112 valence electrons. The lowest BCUT2D eigenvalue weighted by molar-refractivity contribution is -0.134. The molecule has 2 aromatic rings. The first kappa shape index (κ1) is 14.7. The first-order valence-electron chi connectivity index (χ1n) is 6.66. The number of hydrogen-bond donors (Lipinski definition) is 0. The maximum atomic E-state index is 13.0. The van der Waals surface area contributed by atoms with Gasteiger partial charge in [0, 0.05) is 5.69 Å². The van der Waals surface area contributed by atoms with Crippen LogP contribution >= 0.6 is 9.47 Å². The van der Waals surface area contributed by atoms with E-state index in [4.69, 9.17) is 4.52 Å². The molecule has 22 heavy (non-hydrogen) atoms. The monoisotopic (exact) mass is 317 g/mol. The van der Waals surface area contributed by atoms with Gasteiger partial charge in [0.25, 0.3) is 0 Å². The van der Waals surface area contributed by atoms with Crippen molar-refractivity contribution in [1.29, 1.82) is 0 Å². The van der Waals surface area contributed by atoms with E-state index in [0.29, 0.717) is 17.7 Å². The molecule has 1 fully saturated rings. The molecule has 1 aliphatic heterocycles. The number of carbonyl (C=O) groups excluding carboxylic acids is 2. The van der Waals surface area contributed by atoms with Crippen molar-refractivity contribution < 1.29 is 18.5 Å². The van der Waals surface area contributed by atoms with E-state index in [-0.39, 0.29) is 17.8 Å². The molecule has 3 atom stereocenters. The molecule has 2 aromatic carbocycles. The summed E-state index contributed by atoms with van der Waals surface area (Å²) in [4.78, 5) is 24.9. The van der Waals surface area contributed by atoms with Gasteiger partial charge >= 0.3 is 0 Å². The van der Waals surface area contributed by atoms with E-state index in [2.05, 4.69) is 9.47 Å². The number of nitrogens with zero attached hydrogens (tertiary/aromatic N) is 1. The molecule has 1 amide bonds. The zero-order valence-electron chi connectivity index (χ0n) is 11.5. The van der Waals surface area contributed by atoms with Gasteiger partial charge in [-0.25, -0.2) is 4.39 Å². The van der Waals surface area contributed by atoms with E-state index in [0.717, 1.165) is 5.56 Å². The molecule has 1 saturated heterocycles. The fraction of sp³-hybridized carbons (Fsp3) is 0.125. The summed E-state index contributed by atoms with van der Waals surface area (Å²) < 4.78 is 18.1. The highest BCUT2D eigenvalue weighted by Crippen LogP contribution is 2.42. The van der Waals surface area contributed by atoms with E-state index in [1.165, 1.54) is 29.2 Å². The number of aldehydes is 1. The molecule has 0 aromatic heterocycles. The lowest BCUT2D eigenvalue weighted by Crippen LogP contribution is -2.56. The van der Waals surface area contributed by atoms with E-state index in [9.17, 15) is 14.0 Å². The number of rotatable bonds is 4. The Kier molecular flexibility index (Phi) is 3.90. The number of benzene rings is 2. The fourth-order valence-corrected chi connectivity index (χ4v) is 2.79. The predicted molar refractivity (Wildman–Crippen MR) is 83.0 cm³/mol. The standard InChI is InChI=1S/C16H13FNO3P/c17-11-3-5-12(6-4-11)18-15(14(9-19)16(18)20)10-1-7-13(21-22)8-2-10/h1-9,14-15H,22H2/t14-,15-/m1/s1. The van der Waals surface area contributed by atoms with Crippen LogP contribution in [0.2, 0.25) is 0 Å². The summed E-state index contributed by atoms with van der Waals surface area (Å²) in [5.74, 6) is -0.705. The molecule has 1 heterocycles. The Bertz CT molecular complexity index is 702. The van der Waals surface area contributed by atoms with Gasteiger partial charge in [0.05, 0.1) is 15.5 Å². The van der Waals surface area contributed by atoms with Gasteiger partial charge in [-0.05, 0) is 42.0 Å². The Balaban J connectivity index is 1.95. The van der Waals surface area contributed by atoms with Crippen LogP contribution in [0.25, 0.3) is 0 Å². The molecular formula is C16H13FNO3P. The number of carbonyl (C=O) groups is 2. The van der Waals surface area contributed by atoms with Crippen LogP contribution in [0.4, 0.5) is 10.1 Å². The normalized spacial score (nSPS) is 20.5. The first-order chi connectivity index (χ1) is 10.7. The van der Waals surface area contributed by atoms with Crippen molar-refractivity contribution in [2.24, 2.45) is 5.92 Å². The fourth-order valence-electron chi connectivity index (χ4n) is 2.63. The third-order valence-electron chi connectivity index (χ3n) is 3.75. The number of halogens is 1. The molecule has 0 radical (unpaired) electrons. The molecule has 0 aliphatic carbocycles. The molecule has 0 spiro atoms. The maximum absolute atomic E-state index is 13.0. The van der Waals surface area contributed by atoms with Gasteiger partial charge in [0.1, 0.15) is 23.8 Å². The van der Waals surface area contributed by atoms with Crippen LogP contribution in [0.1, 0.15) is 11.6 Å². The van der Waals surface area contributed by atoms with Gasteiger partial charge in [-0.1, -0.05) is 12.1 Å². The Hall–Kier alpha value is -2.26. The van der Waals surface area contributed by atoms with Crippen molar-refractivity contribution in [3.05, 3.63) is 59.9 Å². The van der Waals surface area contributed by atoms with Crippen LogP contribution in [-0.2, 0) is 9.59 Å². The SMILES string of the molecule is O=C[C@H]1C(=O)N(c2ccc(F)cc2)[C@@H]1c1ccc(OP)cc1. The zero-order valence-corrected chi connectivity index (χ0v) is 12.6. The predicted octanol–water partition coefficient (Wildman–Crippen LogP) is 2.90. The Morgan fingerprint density at radius 1 is 1.09 bits per heavy atom. The molecule has 0 saturated carbocycles. The van der Waals surface area contributed by atoms with Crippen LogP contribution in [0.3, 0.4) is 0 Å². The molecule has 0 bridgehead atoms. The van der Waals surface area contributed by atoms with E-state index < -0.39 is 5.92 Å². The van der Waals surface area contributed by atoms with Gasteiger partial charge in [-0.15, -0.1) is 0 Å². The number of hydrogen-bond acceptors (Lipinski definition) is 3. The summed E-state index contributed by atoms with van der Waals surface area (Å²) in [6.45, 7) is 0. The van der Waals surface area contributed by atoms with E-state index >= 15 is 0 Å². The first-order valence-corrected chi connectivity index (χ1v) is 7.13. The average Bonchev–Trinajstić information content (AvgIpc) is 2.55. The van der Waals surface area contributed by atoms with Gasteiger partial charge < -0.3 is 14.2 Å². The number of amides is 1. The second-order valence-corrected chi connectivity index (χ2v) is 5.21. The topological polar surface area (TPSA) is 46.6 Å². The summed E-state index contributed by atoms with van der Waals surface area (Å²) >= 11 is 0. The molecule has 0 N–H and O–H groups in total. The van der Waals surface area contributed by atoms with Crippen LogP contribution in [-0.4, -0.2) is 12.2 Å². The van der Waals surface area contributed by atoms with Gasteiger partial charge in [-0.3, -0.25) is 4.79 Å². The van der Waals surface area contributed by atoms with Crippen LogP contribution in [0.15, 0.2) is 48.5 Å². The molecule has 1 unspecified atom stereocenters. The third kappa shape index (κ3) is 2.38. The highest BCUT2D eigenvalue weighted by molar-refractivity contribution is 7.10.